The number of carbonyl (C=O) groups excluding carboxylic acids is 2. The van der Waals surface area contributed by atoms with Crippen LogP contribution < -0.4 is 0 Å². The van der Waals surface area contributed by atoms with E-state index in [1.54, 1.807) is 6.92 Å². The molecule has 2 bridgehead atoms. The van der Waals surface area contributed by atoms with Crippen LogP contribution in [0.2, 0.25) is 0 Å². The molecule has 3 aliphatic rings. The molecule has 0 spiro atoms. The molecule has 0 amide bonds. The molecule has 0 aromatic rings. The first-order valence-corrected chi connectivity index (χ1v) is 6.09. The third-order valence-electron chi connectivity index (χ3n) is 4.08. The lowest BCUT2D eigenvalue weighted by molar-refractivity contribution is -0.166. The van der Waals surface area contributed by atoms with Gasteiger partial charge in [-0.05, 0) is 26.2 Å². The standard InChI is InChI=1S/C12H19NO3/c1-3-12-5-7-13(8-6-12)9(10(12)14)11(15)16-4-2/h9H,3-8H2,1-2H3. The number of rotatable bonds is 3. The van der Waals surface area contributed by atoms with Crippen LogP contribution >= 0.6 is 0 Å². The van der Waals surface area contributed by atoms with E-state index in [0.29, 0.717) is 6.61 Å². The molecule has 16 heavy (non-hydrogen) atoms. The zero-order valence-corrected chi connectivity index (χ0v) is 9.99. The van der Waals surface area contributed by atoms with E-state index in [1.165, 1.54) is 0 Å². The Morgan fingerprint density at radius 2 is 2.06 bits per heavy atom. The van der Waals surface area contributed by atoms with E-state index in [4.69, 9.17) is 4.74 Å². The van der Waals surface area contributed by atoms with Crippen LogP contribution in [0.5, 0.6) is 0 Å². The molecule has 0 saturated carbocycles. The van der Waals surface area contributed by atoms with Gasteiger partial charge in [-0.25, -0.2) is 4.79 Å². The van der Waals surface area contributed by atoms with E-state index < -0.39 is 6.04 Å². The average molecular weight is 225 g/mol. The molecular formula is C12H19NO3. The van der Waals surface area contributed by atoms with E-state index in [-0.39, 0.29) is 17.2 Å². The molecule has 4 heteroatoms. The topological polar surface area (TPSA) is 46.6 Å². The van der Waals surface area contributed by atoms with Crippen molar-refractivity contribution in [3.05, 3.63) is 0 Å². The predicted molar refractivity (Wildman–Crippen MR) is 59.0 cm³/mol. The Labute approximate surface area is 95.9 Å². The molecular weight excluding hydrogens is 206 g/mol. The van der Waals surface area contributed by atoms with Gasteiger partial charge in [0, 0.05) is 18.5 Å². The highest BCUT2D eigenvalue weighted by Gasteiger charge is 2.53. The van der Waals surface area contributed by atoms with Crippen molar-refractivity contribution in [1.29, 1.82) is 0 Å². The van der Waals surface area contributed by atoms with Crippen LogP contribution in [0, 0.1) is 5.41 Å². The zero-order chi connectivity index (χ0) is 11.8. The number of piperidine rings is 3. The highest BCUT2D eigenvalue weighted by molar-refractivity contribution is 6.07. The number of hydrogen-bond acceptors (Lipinski definition) is 4. The maximum Gasteiger partial charge on any atom is 0.331 e. The molecule has 3 saturated heterocycles. The molecule has 0 aromatic heterocycles. The van der Waals surface area contributed by atoms with Gasteiger partial charge >= 0.3 is 5.97 Å². The largest absolute Gasteiger partial charge is 0.464 e. The highest BCUT2D eigenvalue weighted by Crippen LogP contribution is 2.43. The third kappa shape index (κ3) is 1.56. The fraction of sp³-hybridized carbons (Fsp3) is 0.833. The maximum absolute atomic E-state index is 12.3. The van der Waals surface area contributed by atoms with Gasteiger partial charge in [-0.2, -0.15) is 0 Å². The second-order valence-corrected chi connectivity index (χ2v) is 4.69. The van der Waals surface area contributed by atoms with Gasteiger partial charge in [0.2, 0.25) is 0 Å². The number of esters is 1. The van der Waals surface area contributed by atoms with Gasteiger partial charge < -0.3 is 4.74 Å². The minimum absolute atomic E-state index is 0.0888. The minimum atomic E-state index is -0.623. The second-order valence-electron chi connectivity index (χ2n) is 4.69. The molecule has 3 aliphatic heterocycles. The molecule has 0 aliphatic carbocycles. The molecule has 3 rings (SSSR count). The molecule has 3 heterocycles. The van der Waals surface area contributed by atoms with Crippen molar-refractivity contribution in [2.45, 2.75) is 39.2 Å². The van der Waals surface area contributed by atoms with Crippen LogP contribution in [0.25, 0.3) is 0 Å². The molecule has 1 atom stereocenters. The van der Waals surface area contributed by atoms with Crippen LogP contribution in [0.15, 0.2) is 0 Å². The monoisotopic (exact) mass is 225 g/mol. The van der Waals surface area contributed by atoms with Crippen LogP contribution in [0.3, 0.4) is 0 Å². The summed E-state index contributed by atoms with van der Waals surface area (Å²) in [6, 6.07) is -0.623. The Morgan fingerprint density at radius 1 is 1.44 bits per heavy atom. The van der Waals surface area contributed by atoms with Crippen molar-refractivity contribution in [3.8, 4) is 0 Å². The molecule has 3 fully saturated rings. The quantitative estimate of drug-likeness (QED) is 0.531. The fourth-order valence-electron chi connectivity index (χ4n) is 2.92. The zero-order valence-electron chi connectivity index (χ0n) is 9.99. The summed E-state index contributed by atoms with van der Waals surface area (Å²) < 4.78 is 4.99. The van der Waals surface area contributed by atoms with E-state index >= 15 is 0 Å². The molecule has 4 nitrogen and oxygen atoms in total. The van der Waals surface area contributed by atoms with Gasteiger partial charge in [0.1, 0.15) is 0 Å². The van der Waals surface area contributed by atoms with Crippen molar-refractivity contribution in [2.24, 2.45) is 5.41 Å². The summed E-state index contributed by atoms with van der Waals surface area (Å²) in [6.07, 6.45) is 2.64. The highest BCUT2D eigenvalue weighted by atomic mass is 16.5. The summed E-state index contributed by atoms with van der Waals surface area (Å²) >= 11 is 0. The Kier molecular flexibility index (Phi) is 3.02. The van der Waals surface area contributed by atoms with Crippen LogP contribution in [0.4, 0.5) is 0 Å². The average Bonchev–Trinajstić information content (AvgIpc) is 2.31. The predicted octanol–water partition coefficient (Wildman–Crippen LogP) is 0.993. The molecule has 0 aromatic carbocycles. The molecule has 0 N–H and O–H groups in total. The number of hydrogen-bond donors (Lipinski definition) is 0. The van der Waals surface area contributed by atoms with Crippen molar-refractivity contribution in [2.75, 3.05) is 19.7 Å². The lowest BCUT2D eigenvalue weighted by Gasteiger charge is -2.50. The normalized spacial score (nSPS) is 37.5. The first kappa shape index (κ1) is 11.6. The molecule has 1 unspecified atom stereocenters. The van der Waals surface area contributed by atoms with Gasteiger partial charge in [0.25, 0.3) is 0 Å². The summed E-state index contributed by atoms with van der Waals surface area (Å²) in [5.74, 6) is -0.268. The Bertz CT molecular complexity index is 305. The minimum Gasteiger partial charge on any atom is -0.464 e. The van der Waals surface area contributed by atoms with Crippen molar-refractivity contribution < 1.29 is 14.3 Å². The van der Waals surface area contributed by atoms with Gasteiger partial charge in [0.15, 0.2) is 11.8 Å². The van der Waals surface area contributed by atoms with Crippen LogP contribution in [0.1, 0.15) is 33.1 Å². The summed E-state index contributed by atoms with van der Waals surface area (Å²) in [7, 11) is 0. The third-order valence-corrected chi connectivity index (χ3v) is 4.08. The number of nitrogens with zero attached hydrogens (tertiary/aromatic N) is 1. The van der Waals surface area contributed by atoms with Crippen LogP contribution in [-0.2, 0) is 14.3 Å². The van der Waals surface area contributed by atoms with E-state index in [1.807, 2.05) is 11.8 Å². The van der Waals surface area contributed by atoms with Crippen molar-refractivity contribution >= 4 is 11.8 Å². The van der Waals surface area contributed by atoms with E-state index in [2.05, 4.69) is 0 Å². The summed E-state index contributed by atoms with van der Waals surface area (Å²) in [4.78, 5) is 26.1. The Morgan fingerprint density at radius 3 is 2.56 bits per heavy atom. The molecule has 0 radical (unpaired) electrons. The lowest BCUT2D eigenvalue weighted by atomic mass is 9.66. The lowest BCUT2D eigenvalue weighted by Crippen LogP contribution is -2.63. The van der Waals surface area contributed by atoms with Crippen molar-refractivity contribution in [3.63, 3.8) is 0 Å². The van der Waals surface area contributed by atoms with Gasteiger partial charge in [-0.3, -0.25) is 9.69 Å². The number of Topliss-reactive ketones (excluding diaryl/α,β-unsaturated/α-hetero) is 1. The van der Waals surface area contributed by atoms with Gasteiger partial charge in [0.05, 0.1) is 6.61 Å². The van der Waals surface area contributed by atoms with E-state index in [0.717, 1.165) is 32.4 Å². The molecule has 90 valence electrons. The smallest absolute Gasteiger partial charge is 0.331 e. The summed E-state index contributed by atoms with van der Waals surface area (Å²) in [5.41, 5.74) is -0.244. The maximum atomic E-state index is 12.3. The van der Waals surface area contributed by atoms with Gasteiger partial charge in [-0.15, -0.1) is 0 Å². The first-order chi connectivity index (χ1) is 7.64. The fourth-order valence-corrected chi connectivity index (χ4v) is 2.92. The first-order valence-electron chi connectivity index (χ1n) is 6.09. The Balaban J connectivity index is 2.21. The van der Waals surface area contributed by atoms with E-state index in [9.17, 15) is 9.59 Å². The number of carbonyl (C=O) groups is 2. The van der Waals surface area contributed by atoms with Crippen LogP contribution in [-0.4, -0.2) is 42.4 Å². The van der Waals surface area contributed by atoms with Crippen molar-refractivity contribution in [1.82, 2.24) is 4.90 Å². The van der Waals surface area contributed by atoms with Gasteiger partial charge in [-0.1, -0.05) is 6.92 Å². The number of ketones is 1. The SMILES string of the molecule is CCOC(=O)C1C(=O)C2(CC)CCN1CC2. The number of ether oxygens (including phenoxy) is 1. The Hall–Kier alpha value is -0.900. The second kappa shape index (κ2) is 4.17. The summed E-state index contributed by atoms with van der Waals surface area (Å²) in [6.45, 7) is 5.86. The summed E-state index contributed by atoms with van der Waals surface area (Å²) in [5, 5.41) is 0. The number of fused-ring (bicyclic) bond motifs is 3.